The second kappa shape index (κ2) is 13.3. The number of carbonyl (C=O) groups excluding carboxylic acids is 1. The summed E-state index contributed by atoms with van der Waals surface area (Å²) in [6.07, 6.45) is -0.816. The monoisotopic (exact) mass is 640 g/mol. The molecule has 6 rings (SSSR count). The summed E-state index contributed by atoms with van der Waals surface area (Å²) in [7, 11) is 3.21. The number of aromatic amines is 1. The Morgan fingerprint density at radius 3 is 2.15 bits per heavy atom. The second-order valence-electron chi connectivity index (χ2n) is 11.4. The van der Waals surface area contributed by atoms with Gasteiger partial charge in [0, 0.05) is 12.3 Å². The molecule has 0 unspecified atom stereocenters. The van der Waals surface area contributed by atoms with Gasteiger partial charge in [0.25, 0.3) is 5.56 Å². The van der Waals surface area contributed by atoms with E-state index in [4.69, 9.17) is 18.9 Å². The van der Waals surface area contributed by atoms with E-state index < -0.39 is 29.7 Å². The minimum atomic E-state index is -1.58. The number of anilines is 1. The number of hydrogen-bond acceptors (Lipinski definition) is 8. The minimum absolute atomic E-state index is 0.00912. The van der Waals surface area contributed by atoms with Crippen LogP contribution in [0.2, 0.25) is 0 Å². The Morgan fingerprint density at radius 1 is 0.979 bits per heavy atom. The fraction of sp³-hybridized carbons (Fsp3) is 0.286. The van der Waals surface area contributed by atoms with E-state index in [1.165, 1.54) is 17.3 Å². The number of alkyl halides is 1. The predicted octanol–water partition coefficient (Wildman–Crippen LogP) is 5.18. The van der Waals surface area contributed by atoms with Crippen LogP contribution in [0.25, 0.3) is 11.2 Å². The molecule has 12 heteroatoms. The molecule has 0 bridgehead atoms. The summed E-state index contributed by atoms with van der Waals surface area (Å²) >= 11 is 0. The number of fused-ring (bicyclic) bond motifs is 1. The maximum absolute atomic E-state index is 15.7. The SMILES string of the molecule is COc1ccc(C(OC[C@H]2[CH][C@@H](F)[C@H](n3cnc4c(=O)[nH]c(NC(=O)C(C)C)nc43)O2)(c2ccccc2)c2ccc(OC)cc2)cc1. The van der Waals surface area contributed by atoms with E-state index in [9.17, 15) is 9.59 Å². The Balaban J connectivity index is 1.33. The van der Waals surface area contributed by atoms with E-state index in [2.05, 4.69) is 20.3 Å². The van der Waals surface area contributed by atoms with Crippen molar-refractivity contribution in [2.75, 3.05) is 26.1 Å². The predicted molar refractivity (Wildman–Crippen MR) is 173 cm³/mol. The molecule has 1 amide bonds. The first-order valence-corrected chi connectivity index (χ1v) is 15.1. The van der Waals surface area contributed by atoms with E-state index in [-0.39, 0.29) is 35.5 Å². The van der Waals surface area contributed by atoms with Crippen LogP contribution in [0.4, 0.5) is 10.3 Å². The number of nitrogens with zero attached hydrogens (tertiary/aromatic N) is 3. The van der Waals surface area contributed by atoms with Crippen molar-refractivity contribution >= 4 is 23.0 Å². The van der Waals surface area contributed by atoms with Gasteiger partial charge in [-0.25, -0.2) is 9.37 Å². The molecular formula is C35H35FN5O6. The van der Waals surface area contributed by atoms with Crippen LogP contribution >= 0.6 is 0 Å². The van der Waals surface area contributed by atoms with Crippen LogP contribution < -0.4 is 20.3 Å². The first kappa shape index (κ1) is 31.9. The average Bonchev–Trinajstić information content (AvgIpc) is 3.68. The zero-order chi connectivity index (χ0) is 33.1. The molecule has 3 aromatic carbocycles. The van der Waals surface area contributed by atoms with Crippen LogP contribution in [-0.4, -0.2) is 58.5 Å². The van der Waals surface area contributed by atoms with Gasteiger partial charge < -0.3 is 18.9 Å². The number of methoxy groups -OCH3 is 2. The number of hydrogen-bond donors (Lipinski definition) is 2. The van der Waals surface area contributed by atoms with Crippen molar-refractivity contribution in [3.63, 3.8) is 0 Å². The van der Waals surface area contributed by atoms with E-state index in [0.29, 0.717) is 11.5 Å². The van der Waals surface area contributed by atoms with Gasteiger partial charge in [-0.2, -0.15) is 4.98 Å². The molecule has 1 aliphatic heterocycles. The normalized spacial score (nSPS) is 18.0. The van der Waals surface area contributed by atoms with Gasteiger partial charge in [-0.15, -0.1) is 0 Å². The summed E-state index contributed by atoms with van der Waals surface area (Å²) in [5, 5.41) is 2.58. The van der Waals surface area contributed by atoms with E-state index >= 15 is 4.39 Å². The largest absolute Gasteiger partial charge is 0.497 e. The molecule has 2 N–H and O–H groups in total. The molecule has 5 aromatic rings. The molecule has 1 aliphatic rings. The molecule has 243 valence electrons. The van der Waals surface area contributed by atoms with Gasteiger partial charge in [0.05, 0.1) is 33.3 Å². The maximum atomic E-state index is 15.7. The van der Waals surface area contributed by atoms with E-state index in [1.807, 2.05) is 78.9 Å². The Morgan fingerprint density at radius 2 is 1.57 bits per heavy atom. The first-order chi connectivity index (χ1) is 22.7. The third kappa shape index (κ3) is 6.21. The zero-order valence-electron chi connectivity index (χ0n) is 26.3. The van der Waals surface area contributed by atoms with Crippen molar-refractivity contribution in [1.82, 2.24) is 19.5 Å². The van der Waals surface area contributed by atoms with Gasteiger partial charge in [0.2, 0.25) is 11.9 Å². The van der Waals surface area contributed by atoms with Crippen LogP contribution in [0.1, 0.15) is 36.8 Å². The molecule has 0 aliphatic carbocycles. The number of nitrogens with one attached hydrogen (secondary N) is 2. The number of rotatable bonds is 11. The Labute approximate surface area is 270 Å². The van der Waals surface area contributed by atoms with Crippen molar-refractivity contribution in [2.24, 2.45) is 5.92 Å². The molecule has 2 aromatic heterocycles. The standard InChI is InChI=1S/C35H35FN5O6/c1-21(2)31(42)39-34-38-30-29(32(43)40-34)37-20-41(30)33-28(36)18-27(47-33)19-46-35(22-8-6-5-7-9-22,23-10-14-25(44-3)15-11-23)24-12-16-26(45-4)17-13-24/h5-18,20-21,27-28,33H,19H2,1-4H3,(H2,38,39,40,42,43)/t27-,28-,33-/m1/s1. The van der Waals surface area contributed by atoms with Gasteiger partial charge in [0.1, 0.15) is 17.1 Å². The van der Waals surface area contributed by atoms with E-state index in [1.54, 1.807) is 28.1 Å². The number of halogens is 1. The fourth-order valence-corrected chi connectivity index (χ4v) is 5.63. The smallest absolute Gasteiger partial charge is 0.280 e. The Hall–Kier alpha value is -5.07. The summed E-state index contributed by atoms with van der Waals surface area (Å²) in [6.45, 7) is 3.40. The highest BCUT2D eigenvalue weighted by Gasteiger charge is 2.43. The maximum Gasteiger partial charge on any atom is 0.280 e. The van der Waals surface area contributed by atoms with Crippen molar-refractivity contribution in [2.45, 2.75) is 38.0 Å². The molecule has 0 spiro atoms. The lowest BCUT2D eigenvalue weighted by Gasteiger charge is -2.36. The highest BCUT2D eigenvalue weighted by Crippen LogP contribution is 2.43. The number of imidazole rings is 1. The van der Waals surface area contributed by atoms with Crippen molar-refractivity contribution in [3.05, 3.63) is 119 Å². The average molecular weight is 641 g/mol. The number of ether oxygens (including phenoxy) is 4. The van der Waals surface area contributed by atoms with Crippen LogP contribution in [0.3, 0.4) is 0 Å². The molecule has 11 nitrogen and oxygen atoms in total. The second-order valence-corrected chi connectivity index (χ2v) is 11.4. The Kier molecular flexibility index (Phi) is 9.06. The third-order valence-corrected chi connectivity index (χ3v) is 8.10. The summed E-state index contributed by atoms with van der Waals surface area (Å²) in [5.74, 6) is 0.636. The molecule has 3 heterocycles. The number of benzene rings is 3. The molecule has 1 fully saturated rings. The fourth-order valence-electron chi connectivity index (χ4n) is 5.63. The molecule has 3 atom stereocenters. The zero-order valence-corrected chi connectivity index (χ0v) is 26.3. The summed E-state index contributed by atoms with van der Waals surface area (Å²) in [5.41, 5.74) is 0.858. The van der Waals surface area contributed by atoms with Crippen LogP contribution in [-0.2, 0) is 19.9 Å². The van der Waals surface area contributed by atoms with Crippen LogP contribution in [0, 0.1) is 12.3 Å². The molecular weight excluding hydrogens is 605 g/mol. The third-order valence-electron chi connectivity index (χ3n) is 8.10. The summed E-state index contributed by atoms with van der Waals surface area (Å²) in [6, 6.07) is 25.0. The number of carbonyl (C=O) groups is 1. The Bertz CT molecular complexity index is 1840. The van der Waals surface area contributed by atoms with Crippen molar-refractivity contribution in [1.29, 1.82) is 0 Å². The first-order valence-electron chi connectivity index (χ1n) is 15.1. The lowest BCUT2D eigenvalue weighted by molar-refractivity contribution is -0.118. The number of aromatic nitrogens is 4. The molecule has 0 saturated carbocycles. The molecule has 1 radical (unpaired) electrons. The number of H-pyrrole nitrogens is 1. The lowest BCUT2D eigenvalue weighted by Crippen LogP contribution is -2.36. The minimum Gasteiger partial charge on any atom is -0.497 e. The summed E-state index contributed by atoms with van der Waals surface area (Å²) in [4.78, 5) is 36.0. The number of amides is 1. The van der Waals surface area contributed by atoms with Gasteiger partial charge in [-0.1, -0.05) is 68.4 Å². The highest BCUT2D eigenvalue weighted by atomic mass is 19.1. The molecule has 47 heavy (non-hydrogen) atoms. The van der Waals surface area contributed by atoms with Crippen molar-refractivity contribution < 1.29 is 28.1 Å². The van der Waals surface area contributed by atoms with E-state index in [0.717, 1.165) is 16.7 Å². The van der Waals surface area contributed by atoms with Gasteiger partial charge in [-0.3, -0.25) is 24.5 Å². The quantitative estimate of drug-likeness (QED) is 0.189. The van der Waals surface area contributed by atoms with Gasteiger partial charge in [0.15, 0.2) is 23.6 Å². The lowest BCUT2D eigenvalue weighted by atomic mass is 9.80. The van der Waals surface area contributed by atoms with Gasteiger partial charge in [-0.05, 0) is 41.0 Å². The van der Waals surface area contributed by atoms with Crippen LogP contribution in [0.5, 0.6) is 11.5 Å². The highest BCUT2D eigenvalue weighted by molar-refractivity contribution is 5.91. The van der Waals surface area contributed by atoms with Crippen molar-refractivity contribution in [3.8, 4) is 11.5 Å². The van der Waals surface area contributed by atoms with Gasteiger partial charge >= 0.3 is 0 Å². The molecule has 1 saturated heterocycles. The topological polar surface area (TPSA) is 130 Å². The summed E-state index contributed by atoms with van der Waals surface area (Å²) < 4.78 is 41.0. The van der Waals surface area contributed by atoms with Crippen LogP contribution in [0.15, 0.2) is 90.0 Å².